The third-order valence-electron chi connectivity index (χ3n) is 3.96. The summed E-state index contributed by atoms with van der Waals surface area (Å²) in [5, 5.41) is 9.58. The van der Waals surface area contributed by atoms with Crippen LogP contribution in [0.25, 0.3) is 0 Å². The fourth-order valence-electron chi connectivity index (χ4n) is 2.63. The summed E-state index contributed by atoms with van der Waals surface area (Å²) in [5.74, 6) is -0.971. The highest BCUT2D eigenvalue weighted by Gasteiger charge is 2.38. The van der Waals surface area contributed by atoms with E-state index in [4.69, 9.17) is 5.73 Å². The third-order valence-corrected chi connectivity index (χ3v) is 3.96. The maximum Gasteiger partial charge on any atom is 0.329 e. The van der Waals surface area contributed by atoms with E-state index in [1.807, 2.05) is 18.2 Å². The van der Waals surface area contributed by atoms with Gasteiger partial charge in [0.1, 0.15) is 0 Å². The molecule has 1 saturated heterocycles. The molecule has 0 saturated carbocycles. The van der Waals surface area contributed by atoms with E-state index in [1.165, 1.54) is 0 Å². The normalized spacial score (nSPS) is 21.1. The number of nitrogens with zero attached hydrogens (tertiary/aromatic N) is 2. The van der Waals surface area contributed by atoms with E-state index in [0.717, 1.165) is 32.6 Å². The zero-order valence-corrected chi connectivity index (χ0v) is 12.0. The number of aliphatic carboxylic acids is 1. The molecule has 1 atom stereocenters. The first kappa shape index (κ1) is 15.0. The predicted octanol–water partition coefficient (Wildman–Crippen LogP) is 0.563. The van der Waals surface area contributed by atoms with Gasteiger partial charge in [0.2, 0.25) is 0 Å². The van der Waals surface area contributed by atoms with Gasteiger partial charge in [-0.2, -0.15) is 0 Å². The van der Waals surface area contributed by atoms with Crippen molar-refractivity contribution in [3.8, 4) is 0 Å². The Balaban J connectivity index is 2.15. The molecule has 20 heavy (non-hydrogen) atoms. The van der Waals surface area contributed by atoms with Crippen LogP contribution in [0.2, 0.25) is 0 Å². The number of carboxylic acids is 1. The number of benzene rings is 1. The van der Waals surface area contributed by atoms with Crippen LogP contribution in [0, 0.1) is 0 Å². The van der Waals surface area contributed by atoms with Crippen molar-refractivity contribution in [3.05, 3.63) is 35.9 Å². The number of carboxylic acid groups (broad SMARTS) is 1. The van der Waals surface area contributed by atoms with Crippen LogP contribution in [0.5, 0.6) is 0 Å². The highest BCUT2D eigenvalue weighted by molar-refractivity contribution is 5.80. The minimum absolute atomic E-state index is 0.347. The molecule has 3 N–H and O–H groups in total. The number of nitrogens with two attached hydrogens (primary N) is 1. The van der Waals surface area contributed by atoms with Gasteiger partial charge in [0.05, 0.1) is 0 Å². The molecule has 1 unspecified atom stereocenters. The van der Waals surface area contributed by atoms with E-state index in [-0.39, 0.29) is 0 Å². The van der Waals surface area contributed by atoms with E-state index in [9.17, 15) is 9.90 Å². The maximum absolute atomic E-state index is 11.7. The lowest BCUT2D eigenvalue weighted by Crippen LogP contribution is -2.54. The molecule has 0 bridgehead atoms. The monoisotopic (exact) mass is 277 g/mol. The Morgan fingerprint density at radius 2 is 1.95 bits per heavy atom. The molecule has 5 heteroatoms. The summed E-state index contributed by atoms with van der Waals surface area (Å²) in [7, 11) is 2.09. The van der Waals surface area contributed by atoms with Crippen LogP contribution in [0.4, 0.5) is 0 Å². The minimum atomic E-state index is -1.34. The molecule has 1 aliphatic heterocycles. The zero-order chi connectivity index (χ0) is 14.6. The van der Waals surface area contributed by atoms with Gasteiger partial charge in [-0.25, -0.2) is 4.79 Å². The van der Waals surface area contributed by atoms with Gasteiger partial charge in [-0.1, -0.05) is 30.3 Å². The number of carbonyl (C=O) groups is 1. The second kappa shape index (κ2) is 6.35. The molecule has 0 aromatic heterocycles. The maximum atomic E-state index is 11.7. The van der Waals surface area contributed by atoms with Gasteiger partial charge in [-0.15, -0.1) is 0 Å². The third kappa shape index (κ3) is 3.36. The van der Waals surface area contributed by atoms with Crippen LogP contribution in [-0.2, 0) is 10.3 Å². The number of hydrogen-bond donors (Lipinski definition) is 2. The van der Waals surface area contributed by atoms with Crippen molar-refractivity contribution in [2.45, 2.75) is 12.0 Å². The second-order valence-corrected chi connectivity index (χ2v) is 5.58. The molecule has 0 spiro atoms. The molecule has 0 radical (unpaired) electrons. The molecule has 110 valence electrons. The van der Waals surface area contributed by atoms with Gasteiger partial charge in [0.15, 0.2) is 5.54 Å². The summed E-state index contributed by atoms with van der Waals surface area (Å²) < 4.78 is 0. The molecular weight excluding hydrogens is 254 g/mol. The average molecular weight is 277 g/mol. The van der Waals surface area contributed by atoms with Crippen molar-refractivity contribution in [2.75, 3.05) is 39.8 Å². The summed E-state index contributed by atoms with van der Waals surface area (Å²) >= 11 is 0. The molecular formula is C15H23N3O2. The summed E-state index contributed by atoms with van der Waals surface area (Å²) in [4.78, 5) is 16.1. The first-order valence-electron chi connectivity index (χ1n) is 7.01. The number of hydrogen-bond acceptors (Lipinski definition) is 4. The van der Waals surface area contributed by atoms with Crippen LogP contribution in [0.3, 0.4) is 0 Å². The van der Waals surface area contributed by atoms with Crippen molar-refractivity contribution in [2.24, 2.45) is 5.73 Å². The van der Waals surface area contributed by atoms with Crippen LogP contribution in [-0.4, -0.2) is 60.6 Å². The second-order valence-electron chi connectivity index (χ2n) is 5.58. The van der Waals surface area contributed by atoms with Gasteiger partial charge in [0.25, 0.3) is 0 Å². The smallest absolute Gasteiger partial charge is 0.329 e. The SMILES string of the molecule is CN1CCCN(CC(N)(C(=O)O)c2ccccc2)CC1. The minimum Gasteiger partial charge on any atom is -0.480 e. The highest BCUT2D eigenvalue weighted by Crippen LogP contribution is 2.20. The van der Waals surface area contributed by atoms with Gasteiger partial charge in [0, 0.05) is 19.6 Å². The van der Waals surface area contributed by atoms with Gasteiger partial charge in [-0.3, -0.25) is 4.90 Å². The van der Waals surface area contributed by atoms with Crippen LogP contribution < -0.4 is 5.73 Å². The molecule has 0 amide bonds. The zero-order valence-electron chi connectivity index (χ0n) is 12.0. The van der Waals surface area contributed by atoms with E-state index >= 15 is 0 Å². The highest BCUT2D eigenvalue weighted by atomic mass is 16.4. The number of likely N-dealkylation sites (N-methyl/N-ethyl adjacent to an activating group) is 1. The van der Waals surface area contributed by atoms with Crippen molar-refractivity contribution in [1.82, 2.24) is 9.80 Å². The first-order valence-corrected chi connectivity index (χ1v) is 7.01. The molecule has 1 aromatic rings. The summed E-state index contributed by atoms with van der Waals surface area (Å²) in [5.41, 5.74) is 5.54. The fraction of sp³-hybridized carbons (Fsp3) is 0.533. The Hall–Kier alpha value is -1.43. The van der Waals surface area contributed by atoms with Gasteiger partial charge < -0.3 is 15.7 Å². The quantitative estimate of drug-likeness (QED) is 0.841. The molecule has 1 fully saturated rings. The molecule has 5 nitrogen and oxygen atoms in total. The topological polar surface area (TPSA) is 69.8 Å². The Bertz CT molecular complexity index is 452. The Kier molecular flexibility index (Phi) is 4.75. The number of rotatable bonds is 4. The van der Waals surface area contributed by atoms with Crippen molar-refractivity contribution in [3.63, 3.8) is 0 Å². The van der Waals surface area contributed by atoms with Gasteiger partial charge in [-0.05, 0) is 32.1 Å². The van der Waals surface area contributed by atoms with Gasteiger partial charge >= 0.3 is 5.97 Å². The van der Waals surface area contributed by atoms with Crippen LogP contribution in [0.1, 0.15) is 12.0 Å². The summed E-state index contributed by atoms with van der Waals surface area (Å²) in [6.07, 6.45) is 1.04. The standard InChI is InChI=1S/C15H23N3O2/c1-17-8-5-9-18(11-10-17)12-15(16,14(19)20)13-6-3-2-4-7-13/h2-4,6-7H,5,8-12,16H2,1H3,(H,19,20). The van der Waals surface area contributed by atoms with Crippen molar-refractivity contribution in [1.29, 1.82) is 0 Å². The Morgan fingerprint density at radius 1 is 1.25 bits per heavy atom. The molecule has 2 rings (SSSR count). The Labute approximate surface area is 120 Å². The van der Waals surface area contributed by atoms with E-state index in [1.54, 1.807) is 12.1 Å². The lowest BCUT2D eigenvalue weighted by molar-refractivity contribution is -0.144. The fourth-order valence-corrected chi connectivity index (χ4v) is 2.63. The molecule has 1 aliphatic rings. The molecule has 0 aliphatic carbocycles. The lowest BCUT2D eigenvalue weighted by atomic mass is 9.90. The van der Waals surface area contributed by atoms with Crippen molar-refractivity contribution < 1.29 is 9.90 Å². The van der Waals surface area contributed by atoms with Crippen molar-refractivity contribution >= 4 is 5.97 Å². The lowest BCUT2D eigenvalue weighted by Gasteiger charge is -2.32. The molecule has 1 heterocycles. The largest absolute Gasteiger partial charge is 0.480 e. The van der Waals surface area contributed by atoms with E-state index in [0.29, 0.717) is 12.1 Å². The molecule has 1 aromatic carbocycles. The van der Waals surface area contributed by atoms with Crippen LogP contribution >= 0.6 is 0 Å². The first-order chi connectivity index (χ1) is 9.52. The summed E-state index contributed by atoms with van der Waals surface area (Å²) in [6.45, 7) is 4.09. The Morgan fingerprint density at radius 3 is 2.60 bits per heavy atom. The predicted molar refractivity (Wildman–Crippen MR) is 78.5 cm³/mol. The summed E-state index contributed by atoms with van der Waals surface area (Å²) in [6, 6.07) is 9.11. The van der Waals surface area contributed by atoms with E-state index in [2.05, 4.69) is 16.8 Å². The van der Waals surface area contributed by atoms with E-state index < -0.39 is 11.5 Å². The average Bonchev–Trinajstić information content (AvgIpc) is 2.64. The van der Waals surface area contributed by atoms with Crippen LogP contribution in [0.15, 0.2) is 30.3 Å².